The Morgan fingerprint density at radius 3 is 2.40 bits per heavy atom. The summed E-state index contributed by atoms with van der Waals surface area (Å²) in [5.41, 5.74) is 1.18. The number of amides is 2. The molecule has 2 rings (SSSR count). The molecule has 0 unspecified atom stereocenters. The fraction of sp³-hybridized carbons (Fsp3) is 0.278. The van der Waals surface area contributed by atoms with Gasteiger partial charge in [-0.05, 0) is 48.7 Å². The molecule has 4 nitrogen and oxygen atoms in total. The first kappa shape index (κ1) is 20.1. The second-order valence-electron chi connectivity index (χ2n) is 5.34. The smallest absolute Gasteiger partial charge is 0.314 e. The van der Waals surface area contributed by atoms with E-state index >= 15 is 0 Å². The maximum Gasteiger partial charge on any atom is 0.314 e. The summed E-state index contributed by atoms with van der Waals surface area (Å²) in [6.07, 6.45) is 1.50. The van der Waals surface area contributed by atoms with E-state index in [2.05, 4.69) is 42.5 Å². The number of ether oxygens (including phenoxy) is 1. The van der Waals surface area contributed by atoms with Crippen molar-refractivity contribution in [1.29, 1.82) is 0 Å². The summed E-state index contributed by atoms with van der Waals surface area (Å²) < 4.78 is 7.55. The van der Waals surface area contributed by atoms with E-state index in [1.807, 2.05) is 36.4 Å². The molecule has 0 saturated carbocycles. The highest BCUT2D eigenvalue weighted by molar-refractivity contribution is 9.10. The molecule has 0 fully saturated rings. The van der Waals surface area contributed by atoms with Gasteiger partial charge < -0.3 is 15.4 Å². The molecule has 0 saturated heterocycles. The molecule has 0 aliphatic heterocycles. The monoisotopic (exact) mass is 488 g/mol. The number of hydrogen-bond donors (Lipinski definition) is 2. The molecule has 2 aromatic carbocycles. The molecule has 0 heterocycles. The summed E-state index contributed by atoms with van der Waals surface area (Å²) in [5.74, 6) is 0.642. The van der Waals surface area contributed by atoms with E-state index in [4.69, 9.17) is 16.3 Å². The van der Waals surface area contributed by atoms with Crippen LogP contribution in [0.4, 0.5) is 4.79 Å². The van der Waals surface area contributed by atoms with Crippen LogP contribution in [0.1, 0.15) is 12.0 Å². The van der Waals surface area contributed by atoms with Gasteiger partial charge in [0.1, 0.15) is 5.75 Å². The highest BCUT2D eigenvalue weighted by Crippen LogP contribution is 2.27. The number of benzene rings is 2. The molecule has 25 heavy (non-hydrogen) atoms. The SMILES string of the molecule is O=C(NCCCOc1ccc(Br)cc1Cl)NCCc1ccc(Br)cc1. The van der Waals surface area contributed by atoms with Gasteiger partial charge >= 0.3 is 6.03 Å². The first-order chi connectivity index (χ1) is 12.0. The fourth-order valence-electron chi connectivity index (χ4n) is 2.08. The summed E-state index contributed by atoms with van der Waals surface area (Å²) in [6, 6.07) is 13.4. The normalized spacial score (nSPS) is 10.4. The summed E-state index contributed by atoms with van der Waals surface area (Å²) in [4.78, 5) is 11.7. The van der Waals surface area contributed by atoms with Gasteiger partial charge in [0, 0.05) is 22.0 Å². The summed E-state index contributed by atoms with van der Waals surface area (Å²) in [5, 5.41) is 6.21. The van der Waals surface area contributed by atoms with Crippen LogP contribution in [0.15, 0.2) is 51.4 Å². The molecule has 134 valence electrons. The molecule has 7 heteroatoms. The fourth-order valence-corrected chi connectivity index (χ4v) is 3.07. The van der Waals surface area contributed by atoms with Crippen molar-refractivity contribution in [2.75, 3.05) is 19.7 Å². The van der Waals surface area contributed by atoms with Crippen LogP contribution in [0.2, 0.25) is 5.02 Å². The predicted molar refractivity (Wildman–Crippen MR) is 109 cm³/mol. The standard InChI is InChI=1S/C18H19Br2ClN2O2/c19-14-4-2-13(3-5-14)8-10-23-18(24)22-9-1-11-25-17-7-6-15(20)12-16(17)21/h2-7,12H,1,8-11H2,(H2,22,23,24). The minimum absolute atomic E-state index is 0.168. The van der Waals surface area contributed by atoms with Gasteiger partial charge in [0.15, 0.2) is 0 Å². The Labute approximate surface area is 169 Å². The molecular formula is C18H19Br2ClN2O2. The second kappa shape index (κ2) is 10.7. The van der Waals surface area contributed by atoms with E-state index in [1.165, 1.54) is 5.56 Å². The van der Waals surface area contributed by atoms with E-state index in [1.54, 1.807) is 6.07 Å². The first-order valence-corrected chi connectivity index (χ1v) is 9.85. The zero-order chi connectivity index (χ0) is 18.1. The molecule has 0 atom stereocenters. The number of rotatable bonds is 8. The summed E-state index contributed by atoms with van der Waals surface area (Å²) in [6.45, 7) is 1.62. The van der Waals surface area contributed by atoms with E-state index in [9.17, 15) is 4.79 Å². The van der Waals surface area contributed by atoms with Crippen molar-refractivity contribution in [3.63, 3.8) is 0 Å². The van der Waals surface area contributed by atoms with Crippen molar-refractivity contribution in [3.05, 3.63) is 62.0 Å². The number of carbonyl (C=O) groups is 1. The topological polar surface area (TPSA) is 50.4 Å². The van der Waals surface area contributed by atoms with Crippen LogP contribution in [0.25, 0.3) is 0 Å². The van der Waals surface area contributed by atoms with E-state index in [-0.39, 0.29) is 6.03 Å². The third-order valence-corrected chi connectivity index (χ3v) is 4.69. The van der Waals surface area contributed by atoms with Gasteiger partial charge in [-0.25, -0.2) is 4.79 Å². The highest BCUT2D eigenvalue weighted by Gasteiger charge is 2.03. The summed E-state index contributed by atoms with van der Waals surface area (Å²) in [7, 11) is 0. The average Bonchev–Trinajstić information content (AvgIpc) is 2.58. The van der Waals surface area contributed by atoms with Crippen molar-refractivity contribution in [2.24, 2.45) is 0 Å². The Morgan fingerprint density at radius 1 is 1.00 bits per heavy atom. The van der Waals surface area contributed by atoms with Crippen LogP contribution in [-0.4, -0.2) is 25.7 Å². The van der Waals surface area contributed by atoms with Crippen LogP contribution < -0.4 is 15.4 Å². The highest BCUT2D eigenvalue weighted by atomic mass is 79.9. The molecule has 2 amide bonds. The van der Waals surface area contributed by atoms with Gasteiger partial charge in [0.25, 0.3) is 0 Å². The molecule has 0 spiro atoms. The van der Waals surface area contributed by atoms with Crippen molar-refractivity contribution in [3.8, 4) is 5.75 Å². The van der Waals surface area contributed by atoms with E-state index in [0.717, 1.165) is 15.4 Å². The van der Waals surface area contributed by atoms with Crippen LogP contribution in [-0.2, 0) is 6.42 Å². The van der Waals surface area contributed by atoms with Crippen molar-refractivity contribution in [2.45, 2.75) is 12.8 Å². The molecule has 0 bridgehead atoms. The van der Waals surface area contributed by atoms with Crippen LogP contribution in [0, 0.1) is 0 Å². The van der Waals surface area contributed by atoms with Gasteiger partial charge in [0.2, 0.25) is 0 Å². The Kier molecular flexibility index (Phi) is 8.58. The van der Waals surface area contributed by atoms with Crippen molar-refractivity contribution >= 4 is 49.5 Å². The zero-order valence-corrected chi connectivity index (χ0v) is 17.5. The maximum atomic E-state index is 11.7. The average molecular weight is 491 g/mol. The van der Waals surface area contributed by atoms with Gasteiger partial charge in [-0.2, -0.15) is 0 Å². The van der Waals surface area contributed by atoms with Crippen molar-refractivity contribution < 1.29 is 9.53 Å². The Hall–Kier alpha value is -1.24. The van der Waals surface area contributed by atoms with Crippen LogP contribution in [0.5, 0.6) is 5.75 Å². The molecule has 0 aromatic heterocycles. The van der Waals surface area contributed by atoms with E-state index in [0.29, 0.717) is 36.9 Å². The van der Waals surface area contributed by atoms with Crippen LogP contribution >= 0.6 is 43.5 Å². The number of urea groups is 1. The molecule has 0 aliphatic carbocycles. The van der Waals surface area contributed by atoms with Gasteiger partial charge in [-0.1, -0.05) is 55.6 Å². The Bertz CT molecular complexity index is 696. The number of nitrogens with one attached hydrogen (secondary N) is 2. The molecule has 0 aliphatic rings. The van der Waals surface area contributed by atoms with Crippen LogP contribution in [0.3, 0.4) is 0 Å². The lowest BCUT2D eigenvalue weighted by atomic mass is 10.1. The Balaban J connectivity index is 1.55. The number of halogens is 3. The van der Waals surface area contributed by atoms with Crippen molar-refractivity contribution in [1.82, 2.24) is 10.6 Å². The van der Waals surface area contributed by atoms with Gasteiger partial charge in [-0.3, -0.25) is 0 Å². The zero-order valence-electron chi connectivity index (χ0n) is 13.5. The van der Waals surface area contributed by atoms with Gasteiger partial charge in [0.05, 0.1) is 11.6 Å². The second-order valence-corrected chi connectivity index (χ2v) is 7.57. The minimum Gasteiger partial charge on any atom is -0.492 e. The number of carbonyl (C=O) groups excluding carboxylic acids is 1. The number of hydrogen-bond acceptors (Lipinski definition) is 2. The minimum atomic E-state index is -0.168. The molecule has 2 N–H and O–H groups in total. The quantitative estimate of drug-likeness (QED) is 0.502. The Morgan fingerprint density at radius 2 is 1.68 bits per heavy atom. The molecule has 0 radical (unpaired) electrons. The lowest BCUT2D eigenvalue weighted by Crippen LogP contribution is -2.37. The maximum absolute atomic E-state index is 11.7. The third-order valence-electron chi connectivity index (χ3n) is 3.37. The summed E-state index contributed by atoms with van der Waals surface area (Å²) >= 11 is 12.8. The molecular weight excluding hydrogens is 471 g/mol. The lowest BCUT2D eigenvalue weighted by molar-refractivity contribution is 0.239. The van der Waals surface area contributed by atoms with Gasteiger partial charge in [-0.15, -0.1) is 0 Å². The third kappa shape index (κ3) is 7.67. The lowest BCUT2D eigenvalue weighted by Gasteiger charge is -2.10. The van der Waals surface area contributed by atoms with E-state index < -0.39 is 0 Å². The predicted octanol–water partition coefficient (Wildman–Crippen LogP) is 5.18. The largest absolute Gasteiger partial charge is 0.492 e. The first-order valence-electron chi connectivity index (χ1n) is 7.88. The molecule has 2 aromatic rings.